The van der Waals surface area contributed by atoms with Crippen molar-refractivity contribution in [3.8, 4) is 0 Å². The van der Waals surface area contributed by atoms with Gasteiger partial charge in [0.15, 0.2) is 0 Å². The van der Waals surface area contributed by atoms with Gasteiger partial charge in [-0.3, -0.25) is 4.79 Å². The molecule has 0 saturated carbocycles. The molecule has 1 heterocycles. The monoisotopic (exact) mass is 201 g/mol. The van der Waals surface area contributed by atoms with Crippen LogP contribution in [-0.2, 0) is 11.2 Å². The molecule has 1 aromatic rings. The number of nitrogens with one attached hydrogen (secondary N) is 1. The standard InChI is InChI=1S/C13H15NO/c15-13-9-5-4-8-12(14-13)10-11-6-2-1-3-7-11/h1-3,5-7,9,12H,4,8,10H2,(H,14,15). The third-order valence-corrected chi connectivity index (χ3v) is 2.62. The van der Waals surface area contributed by atoms with Crippen LogP contribution in [-0.4, -0.2) is 11.9 Å². The van der Waals surface area contributed by atoms with Gasteiger partial charge in [0.05, 0.1) is 0 Å². The van der Waals surface area contributed by atoms with E-state index in [0.717, 1.165) is 19.3 Å². The Labute approximate surface area is 90.0 Å². The average Bonchev–Trinajstić information content (AvgIpc) is 2.44. The van der Waals surface area contributed by atoms with Gasteiger partial charge >= 0.3 is 0 Å². The van der Waals surface area contributed by atoms with Crippen LogP contribution in [0.4, 0.5) is 0 Å². The molecule has 0 radical (unpaired) electrons. The Morgan fingerprint density at radius 3 is 2.87 bits per heavy atom. The molecule has 15 heavy (non-hydrogen) atoms. The molecule has 78 valence electrons. The topological polar surface area (TPSA) is 29.1 Å². The van der Waals surface area contributed by atoms with Crippen LogP contribution in [0.3, 0.4) is 0 Å². The number of benzene rings is 1. The molecule has 0 aliphatic carbocycles. The maximum atomic E-state index is 11.3. The van der Waals surface area contributed by atoms with Gasteiger partial charge in [-0.05, 0) is 30.9 Å². The maximum Gasteiger partial charge on any atom is 0.243 e. The third-order valence-electron chi connectivity index (χ3n) is 2.62. The van der Waals surface area contributed by atoms with Crippen molar-refractivity contribution in [2.45, 2.75) is 25.3 Å². The van der Waals surface area contributed by atoms with Gasteiger partial charge in [-0.15, -0.1) is 0 Å². The lowest BCUT2D eigenvalue weighted by Crippen LogP contribution is -2.34. The van der Waals surface area contributed by atoms with E-state index in [4.69, 9.17) is 0 Å². The minimum Gasteiger partial charge on any atom is -0.349 e. The number of rotatable bonds is 2. The summed E-state index contributed by atoms with van der Waals surface area (Å²) in [6.07, 6.45) is 6.51. The summed E-state index contributed by atoms with van der Waals surface area (Å²) in [5, 5.41) is 3.00. The summed E-state index contributed by atoms with van der Waals surface area (Å²) in [5.41, 5.74) is 1.28. The first-order chi connectivity index (χ1) is 7.34. The fourth-order valence-corrected chi connectivity index (χ4v) is 1.86. The van der Waals surface area contributed by atoms with E-state index < -0.39 is 0 Å². The van der Waals surface area contributed by atoms with Gasteiger partial charge in [-0.25, -0.2) is 0 Å². The van der Waals surface area contributed by atoms with Crippen molar-refractivity contribution in [3.63, 3.8) is 0 Å². The maximum absolute atomic E-state index is 11.3. The Hall–Kier alpha value is -1.57. The molecule has 1 aromatic carbocycles. The predicted molar refractivity (Wildman–Crippen MR) is 60.5 cm³/mol. The summed E-state index contributed by atoms with van der Waals surface area (Å²) in [6.45, 7) is 0. The molecule has 2 nitrogen and oxygen atoms in total. The van der Waals surface area contributed by atoms with Gasteiger partial charge in [-0.1, -0.05) is 36.4 Å². The number of carbonyl (C=O) groups is 1. The molecule has 0 fully saturated rings. The van der Waals surface area contributed by atoms with E-state index in [9.17, 15) is 4.79 Å². The lowest BCUT2D eigenvalue weighted by molar-refractivity contribution is -0.117. The average molecular weight is 201 g/mol. The molecule has 1 amide bonds. The van der Waals surface area contributed by atoms with E-state index in [1.54, 1.807) is 6.08 Å². The summed E-state index contributed by atoms with van der Waals surface area (Å²) in [6, 6.07) is 10.6. The van der Waals surface area contributed by atoms with Crippen molar-refractivity contribution < 1.29 is 4.79 Å². The largest absolute Gasteiger partial charge is 0.349 e. The van der Waals surface area contributed by atoms with E-state index in [2.05, 4.69) is 17.4 Å². The molecule has 0 aromatic heterocycles. The SMILES string of the molecule is O=C1C=CCCC(Cc2ccccc2)N1. The van der Waals surface area contributed by atoms with Gasteiger partial charge in [0.25, 0.3) is 0 Å². The molecule has 0 bridgehead atoms. The fourth-order valence-electron chi connectivity index (χ4n) is 1.86. The van der Waals surface area contributed by atoms with Crippen LogP contribution in [0.1, 0.15) is 18.4 Å². The smallest absolute Gasteiger partial charge is 0.243 e. The van der Waals surface area contributed by atoms with Crippen LogP contribution < -0.4 is 5.32 Å². The van der Waals surface area contributed by atoms with Gasteiger partial charge in [-0.2, -0.15) is 0 Å². The van der Waals surface area contributed by atoms with Crippen molar-refractivity contribution in [2.24, 2.45) is 0 Å². The number of hydrogen-bond acceptors (Lipinski definition) is 1. The van der Waals surface area contributed by atoms with E-state index in [0.29, 0.717) is 0 Å². The molecule has 0 saturated heterocycles. The van der Waals surface area contributed by atoms with E-state index >= 15 is 0 Å². The Morgan fingerprint density at radius 1 is 1.27 bits per heavy atom. The lowest BCUT2D eigenvalue weighted by Gasteiger charge is -2.15. The summed E-state index contributed by atoms with van der Waals surface area (Å²) in [7, 11) is 0. The molecule has 1 unspecified atom stereocenters. The van der Waals surface area contributed by atoms with Crippen molar-refractivity contribution in [2.75, 3.05) is 0 Å². The number of carbonyl (C=O) groups excluding carboxylic acids is 1. The number of amides is 1. The Balaban J connectivity index is 1.98. The molecule has 1 aliphatic heterocycles. The second kappa shape index (κ2) is 4.78. The summed E-state index contributed by atoms with van der Waals surface area (Å²) in [5.74, 6) is 0.0356. The highest BCUT2D eigenvalue weighted by Gasteiger charge is 2.12. The van der Waals surface area contributed by atoms with Crippen LogP contribution in [0.2, 0.25) is 0 Å². The Kier molecular flexibility index (Phi) is 3.18. The van der Waals surface area contributed by atoms with Crippen LogP contribution >= 0.6 is 0 Å². The molecule has 2 heteroatoms. The zero-order chi connectivity index (χ0) is 10.5. The van der Waals surface area contributed by atoms with Gasteiger partial charge in [0, 0.05) is 6.04 Å². The third kappa shape index (κ3) is 2.94. The van der Waals surface area contributed by atoms with Gasteiger partial charge < -0.3 is 5.32 Å². The van der Waals surface area contributed by atoms with Crippen LogP contribution in [0, 0.1) is 0 Å². The molecule has 1 atom stereocenters. The Bertz CT molecular complexity index is 356. The first kappa shape index (κ1) is 9.97. The minimum atomic E-state index is 0.0356. The van der Waals surface area contributed by atoms with Crippen molar-refractivity contribution in [3.05, 3.63) is 48.0 Å². The van der Waals surface area contributed by atoms with Crippen LogP contribution in [0.15, 0.2) is 42.5 Å². The normalized spacial score (nSPS) is 20.8. The summed E-state index contributed by atoms with van der Waals surface area (Å²) in [4.78, 5) is 11.3. The van der Waals surface area contributed by atoms with Gasteiger partial charge in [0.2, 0.25) is 5.91 Å². The van der Waals surface area contributed by atoms with Crippen molar-refractivity contribution >= 4 is 5.91 Å². The molecule has 2 rings (SSSR count). The summed E-state index contributed by atoms with van der Waals surface area (Å²) < 4.78 is 0. The van der Waals surface area contributed by atoms with Crippen LogP contribution in [0.25, 0.3) is 0 Å². The summed E-state index contributed by atoms with van der Waals surface area (Å²) >= 11 is 0. The first-order valence-corrected chi connectivity index (χ1v) is 5.35. The highest BCUT2D eigenvalue weighted by molar-refractivity contribution is 5.87. The minimum absolute atomic E-state index is 0.0356. The zero-order valence-electron chi connectivity index (χ0n) is 8.65. The second-order valence-corrected chi connectivity index (χ2v) is 3.87. The molecule has 0 spiro atoms. The molecule has 1 N–H and O–H groups in total. The highest BCUT2D eigenvalue weighted by atomic mass is 16.1. The van der Waals surface area contributed by atoms with Gasteiger partial charge in [0.1, 0.15) is 0 Å². The van der Waals surface area contributed by atoms with E-state index in [1.165, 1.54) is 5.56 Å². The number of hydrogen-bond donors (Lipinski definition) is 1. The van der Waals surface area contributed by atoms with Crippen molar-refractivity contribution in [1.29, 1.82) is 0 Å². The van der Waals surface area contributed by atoms with Crippen molar-refractivity contribution in [1.82, 2.24) is 5.32 Å². The molecular formula is C13H15NO. The first-order valence-electron chi connectivity index (χ1n) is 5.35. The lowest BCUT2D eigenvalue weighted by atomic mass is 10.0. The second-order valence-electron chi connectivity index (χ2n) is 3.87. The van der Waals surface area contributed by atoms with E-state index in [-0.39, 0.29) is 11.9 Å². The molecular weight excluding hydrogens is 186 g/mol. The van der Waals surface area contributed by atoms with E-state index in [1.807, 2.05) is 24.3 Å². The highest BCUT2D eigenvalue weighted by Crippen LogP contribution is 2.10. The molecule has 1 aliphatic rings. The zero-order valence-corrected chi connectivity index (χ0v) is 8.65. The van der Waals surface area contributed by atoms with Crippen LogP contribution in [0.5, 0.6) is 0 Å². The predicted octanol–water partition coefficient (Wildman–Crippen LogP) is 2.06. The fraction of sp³-hybridized carbons (Fsp3) is 0.308. The number of allylic oxidation sites excluding steroid dienone is 1. The Morgan fingerprint density at radius 2 is 2.07 bits per heavy atom. The quantitative estimate of drug-likeness (QED) is 0.779.